The van der Waals surface area contributed by atoms with Gasteiger partial charge in [-0.05, 0) is 44.6 Å². The zero-order valence-electron chi connectivity index (χ0n) is 11.8. The lowest BCUT2D eigenvalue weighted by molar-refractivity contribution is -0.125. The largest absolute Gasteiger partial charge is 0.353 e. The van der Waals surface area contributed by atoms with E-state index in [9.17, 15) is 4.79 Å². The average Bonchev–Trinajstić information content (AvgIpc) is 2.30. The van der Waals surface area contributed by atoms with Gasteiger partial charge in [-0.1, -0.05) is 20.8 Å². The van der Waals surface area contributed by atoms with E-state index >= 15 is 0 Å². The van der Waals surface area contributed by atoms with Gasteiger partial charge < -0.3 is 10.6 Å². The molecule has 0 saturated heterocycles. The molecule has 1 fully saturated rings. The van der Waals surface area contributed by atoms with E-state index in [1.54, 1.807) is 0 Å². The highest BCUT2D eigenvalue weighted by Gasteiger charge is 2.25. The number of rotatable bonds is 5. The molecule has 3 nitrogen and oxygen atoms in total. The average molecular weight is 240 g/mol. The van der Waals surface area contributed by atoms with Crippen molar-refractivity contribution in [2.75, 3.05) is 13.6 Å². The summed E-state index contributed by atoms with van der Waals surface area (Å²) in [6.45, 7) is 7.34. The molecule has 2 N–H and O–H groups in total. The third-order valence-corrected chi connectivity index (χ3v) is 4.02. The third kappa shape index (κ3) is 4.66. The highest BCUT2D eigenvalue weighted by atomic mass is 16.1. The van der Waals surface area contributed by atoms with E-state index in [2.05, 4.69) is 24.5 Å². The second-order valence-electron chi connectivity index (χ2n) is 5.82. The van der Waals surface area contributed by atoms with Crippen LogP contribution in [0.5, 0.6) is 0 Å². The van der Waals surface area contributed by atoms with Crippen molar-refractivity contribution in [2.24, 2.45) is 17.8 Å². The predicted molar refractivity (Wildman–Crippen MR) is 71.8 cm³/mol. The first-order chi connectivity index (χ1) is 8.04. The fourth-order valence-corrected chi connectivity index (χ4v) is 2.67. The van der Waals surface area contributed by atoms with Gasteiger partial charge in [0.1, 0.15) is 0 Å². The van der Waals surface area contributed by atoms with Crippen LogP contribution in [0.3, 0.4) is 0 Å². The molecule has 0 aliphatic heterocycles. The second-order valence-corrected chi connectivity index (χ2v) is 5.82. The smallest absolute Gasteiger partial charge is 0.224 e. The Kier molecular flexibility index (Phi) is 5.96. The van der Waals surface area contributed by atoms with E-state index in [1.165, 1.54) is 12.8 Å². The van der Waals surface area contributed by atoms with Crippen molar-refractivity contribution >= 4 is 5.91 Å². The second kappa shape index (κ2) is 7.00. The van der Waals surface area contributed by atoms with Crippen LogP contribution in [0.1, 0.15) is 46.5 Å². The van der Waals surface area contributed by atoms with Crippen LogP contribution in [0.4, 0.5) is 0 Å². The Balaban J connectivity index is 2.28. The summed E-state index contributed by atoms with van der Waals surface area (Å²) in [5.41, 5.74) is 0. The Morgan fingerprint density at radius 3 is 2.24 bits per heavy atom. The van der Waals surface area contributed by atoms with Gasteiger partial charge in [-0.2, -0.15) is 0 Å². The van der Waals surface area contributed by atoms with E-state index in [0.717, 1.165) is 31.2 Å². The van der Waals surface area contributed by atoms with Crippen LogP contribution in [-0.2, 0) is 4.79 Å². The molecule has 1 atom stereocenters. The van der Waals surface area contributed by atoms with Gasteiger partial charge in [-0.25, -0.2) is 0 Å². The van der Waals surface area contributed by atoms with Crippen molar-refractivity contribution < 1.29 is 4.79 Å². The fraction of sp³-hybridized carbons (Fsp3) is 0.929. The molecule has 0 aromatic carbocycles. The van der Waals surface area contributed by atoms with Gasteiger partial charge in [0, 0.05) is 18.5 Å². The number of hydrogen-bond acceptors (Lipinski definition) is 2. The molecule has 1 amide bonds. The molecule has 0 heterocycles. The Labute approximate surface area is 106 Å². The molecular formula is C14H28N2O. The lowest BCUT2D eigenvalue weighted by Gasteiger charge is -2.31. The summed E-state index contributed by atoms with van der Waals surface area (Å²) >= 11 is 0. The van der Waals surface area contributed by atoms with Crippen molar-refractivity contribution in [2.45, 2.75) is 52.5 Å². The lowest BCUT2D eigenvalue weighted by Crippen LogP contribution is -2.42. The van der Waals surface area contributed by atoms with Crippen LogP contribution in [0, 0.1) is 17.8 Å². The summed E-state index contributed by atoms with van der Waals surface area (Å²) < 4.78 is 0. The molecule has 0 aromatic heterocycles. The minimum absolute atomic E-state index is 0.0721. The molecule has 1 aliphatic carbocycles. The van der Waals surface area contributed by atoms with E-state index < -0.39 is 0 Å². The summed E-state index contributed by atoms with van der Waals surface area (Å²) in [5.74, 6) is 1.92. The zero-order chi connectivity index (χ0) is 12.8. The Hall–Kier alpha value is -0.570. The van der Waals surface area contributed by atoms with Crippen molar-refractivity contribution in [1.82, 2.24) is 10.6 Å². The lowest BCUT2D eigenvalue weighted by atomic mass is 9.79. The Morgan fingerprint density at radius 2 is 1.76 bits per heavy atom. The van der Waals surface area contributed by atoms with E-state index in [1.807, 2.05) is 14.0 Å². The van der Waals surface area contributed by atoms with E-state index in [0.29, 0.717) is 6.04 Å². The van der Waals surface area contributed by atoms with Gasteiger partial charge in [0.25, 0.3) is 0 Å². The molecule has 3 heteroatoms. The molecule has 1 rings (SSSR count). The fourth-order valence-electron chi connectivity index (χ4n) is 2.67. The van der Waals surface area contributed by atoms with Crippen LogP contribution in [0.15, 0.2) is 0 Å². The molecule has 0 spiro atoms. The van der Waals surface area contributed by atoms with Gasteiger partial charge >= 0.3 is 0 Å². The Bertz CT molecular complexity index is 232. The van der Waals surface area contributed by atoms with Crippen LogP contribution >= 0.6 is 0 Å². The van der Waals surface area contributed by atoms with Crippen LogP contribution in [0.2, 0.25) is 0 Å². The summed E-state index contributed by atoms with van der Waals surface area (Å²) in [7, 11) is 1.89. The van der Waals surface area contributed by atoms with Gasteiger partial charge in [-0.15, -0.1) is 0 Å². The van der Waals surface area contributed by atoms with Crippen molar-refractivity contribution in [1.29, 1.82) is 0 Å². The van der Waals surface area contributed by atoms with Crippen molar-refractivity contribution in [3.8, 4) is 0 Å². The first-order valence-electron chi connectivity index (χ1n) is 6.99. The first kappa shape index (κ1) is 14.5. The van der Waals surface area contributed by atoms with Crippen molar-refractivity contribution in [3.05, 3.63) is 0 Å². The minimum Gasteiger partial charge on any atom is -0.353 e. The number of carbonyl (C=O) groups excluding carboxylic acids is 1. The summed E-state index contributed by atoms with van der Waals surface area (Å²) in [6.07, 6.45) is 4.84. The van der Waals surface area contributed by atoms with Gasteiger partial charge in [0.05, 0.1) is 0 Å². The first-order valence-corrected chi connectivity index (χ1v) is 6.99. The third-order valence-electron chi connectivity index (χ3n) is 4.02. The highest BCUT2D eigenvalue weighted by Crippen LogP contribution is 2.29. The molecular weight excluding hydrogens is 212 g/mol. The van der Waals surface area contributed by atoms with Gasteiger partial charge in [0.2, 0.25) is 5.91 Å². The topological polar surface area (TPSA) is 41.1 Å². The van der Waals surface area contributed by atoms with E-state index in [4.69, 9.17) is 0 Å². The monoisotopic (exact) mass is 240 g/mol. The molecule has 0 bridgehead atoms. The summed E-state index contributed by atoms with van der Waals surface area (Å²) in [4.78, 5) is 11.9. The Morgan fingerprint density at radius 1 is 1.18 bits per heavy atom. The number of carbonyl (C=O) groups is 1. The molecule has 100 valence electrons. The number of nitrogens with one attached hydrogen (secondary N) is 2. The summed E-state index contributed by atoms with van der Waals surface area (Å²) in [5, 5.41) is 6.23. The maximum atomic E-state index is 11.9. The van der Waals surface area contributed by atoms with E-state index in [-0.39, 0.29) is 11.8 Å². The summed E-state index contributed by atoms with van der Waals surface area (Å²) in [6, 6.07) is 0.414. The molecule has 1 saturated carbocycles. The van der Waals surface area contributed by atoms with Crippen molar-refractivity contribution in [3.63, 3.8) is 0 Å². The predicted octanol–water partition coefficient (Wildman–Crippen LogP) is 2.17. The SMILES string of the molecule is CNC[C@@H](C)C(=O)NC1CCC(C(C)C)CC1. The van der Waals surface area contributed by atoms with Crippen LogP contribution in [0.25, 0.3) is 0 Å². The maximum absolute atomic E-state index is 11.9. The number of amides is 1. The quantitative estimate of drug-likeness (QED) is 0.773. The highest BCUT2D eigenvalue weighted by molar-refractivity contribution is 5.78. The molecule has 17 heavy (non-hydrogen) atoms. The normalized spacial score (nSPS) is 26.9. The standard InChI is InChI=1S/C14H28N2O/c1-10(2)12-5-7-13(8-6-12)16-14(17)11(3)9-15-4/h10-13,15H,5-9H2,1-4H3,(H,16,17)/t11-,12?,13?/m1/s1. The molecule has 0 radical (unpaired) electrons. The number of hydrogen-bond donors (Lipinski definition) is 2. The van der Waals surface area contributed by atoms with Gasteiger partial charge in [-0.3, -0.25) is 4.79 Å². The van der Waals surface area contributed by atoms with Crippen LogP contribution in [-0.4, -0.2) is 25.5 Å². The van der Waals surface area contributed by atoms with Gasteiger partial charge in [0.15, 0.2) is 0 Å². The molecule has 0 aromatic rings. The zero-order valence-corrected chi connectivity index (χ0v) is 11.8. The molecule has 0 unspecified atom stereocenters. The minimum atomic E-state index is 0.0721. The maximum Gasteiger partial charge on any atom is 0.224 e. The van der Waals surface area contributed by atoms with Crippen LogP contribution < -0.4 is 10.6 Å². The molecule has 1 aliphatic rings.